The van der Waals surface area contributed by atoms with E-state index in [0.29, 0.717) is 22.2 Å². The summed E-state index contributed by atoms with van der Waals surface area (Å²) in [6.07, 6.45) is 1.67. The number of methoxy groups -OCH3 is 1. The number of nitrogens with zero attached hydrogens (tertiary/aromatic N) is 2. The molecule has 0 spiro atoms. The monoisotopic (exact) mass is 485 g/mol. The van der Waals surface area contributed by atoms with E-state index in [1.807, 2.05) is 24.3 Å². The smallest absolute Gasteiger partial charge is 0.204 e. The zero-order chi connectivity index (χ0) is 20.9. The summed E-state index contributed by atoms with van der Waals surface area (Å²) in [5.41, 5.74) is 5.15. The Balaban J connectivity index is 1.48. The minimum atomic E-state index is -0.305. The Morgan fingerprint density at radius 2 is 1.93 bits per heavy atom. The number of fused-ring (bicyclic) bond motifs is 1. The molecular weight excluding hydrogens is 469 g/mol. The zero-order valence-electron chi connectivity index (χ0n) is 15.9. The number of hydrazone groups is 1. The predicted molar refractivity (Wildman–Crippen MR) is 122 cm³/mol. The summed E-state index contributed by atoms with van der Waals surface area (Å²) in [5.74, 6) is 0.722. The number of ether oxygens (including phenoxy) is 2. The van der Waals surface area contributed by atoms with Gasteiger partial charge in [-0.05, 0) is 46.3 Å². The molecule has 0 unspecified atom stereocenters. The van der Waals surface area contributed by atoms with E-state index in [0.717, 1.165) is 20.3 Å². The lowest BCUT2D eigenvalue weighted by Crippen LogP contribution is -2.01. The van der Waals surface area contributed by atoms with Crippen LogP contribution in [0.1, 0.15) is 11.1 Å². The number of para-hydroxylation sites is 1. The largest absolute Gasteiger partial charge is 0.493 e. The molecule has 0 amide bonds. The lowest BCUT2D eigenvalue weighted by atomic mass is 10.2. The van der Waals surface area contributed by atoms with Gasteiger partial charge in [0.15, 0.2) is 11.5 Å². The summed E-state index contributed by atoms with van der Waals surface area (Å²) in [5, 5.41) is 4.98. The molecular formula is C22H17BrFN3O2S. The Bertz CT molecular complexity index is 1180. The van der Waals surface area contributed by atoms with Crippen molar-refractivity contribution < 1.29 is 13.9 Å². The third kappa shape index (κ3) is 4.60. The van der Waals surface area contributed by atoms with Crippen LogP contribution in [0.3, 0.4) is 0 Å². The number of hydrogen-bond donors (Lipinski definition) is 1. The van der Waals surface area contributed by atoms with Gasteiger partial charge in [0.2, 0.25) is 5.13 Å². The molecule has 8 heteroatoms. The summed E-state index contributed by atoms with van der Waals surface area (Å²) in [4.78, 5) is 4.48. The first-order valence-corrected chi connectivity index (χ1v) is 10.6. The topological polar surface area (TPSA) is 55.7 Å². The lowest BCUT2D eigenvalue weighted by Gasteiger charge is -2.13. The number of aromatic nitrogens is 1. The van der Waals surface area contributed by atoms with Crippen LogP contribution in [0.15, 0.2) is 70.2 Å². The number of anilines is 1. The molecule has 4 rings (SSSR count). The van der Waals surface area contributed by atoms with E-state index in [1.54, 1.807) is 43.7 Å². The summed E-state index contributed by atoms with van der Waals surface area (Å²) in [6.45, 7) is 0.0993. The number of hydrogen-bond acceptors (Lipinski definition) is 6. The second-order valence-corrected chi connectivity index (χ2v) is 8.15. The predicted octanol–water partition coefficient (Wildman–Crippen LogP) is 6.23. The molecule has 0 fully saturated rings. The van der Waals surface area contributed by atoms with Crippen molar-refractivity contribution in [2.75, 3.05) is 12.5 Å². The van der Waals surface area contributed by atoms with Crippen LogP contribution in [0.25, 0.3) is 10.2 Å². The van der Waals surface area contributed by atoms with E-state index >= 15 is 0 Å². The van der Waals surface area contributed by atoms with Crippen molar-refractivity contribution in [3.8, 4) is 11.5 Å². The molecule has 0 aliphatic heterocycles. The number of benzene rings is 3. The van der Waals surface area contributed by atoms with Gasteiger partial charge in [-0.1, -0.05) is 41.7 Å². The normalized spacial score (nSPS) is 11.2. The second kappa shape index (κ2) is 9.23. The number of rotatable bonds is 7. The summed E-state index contributed by atoms with van der Waals surface area (Å²) in [7, 11) is 1.56. The van der Waals surface area contributed by atoms with E-state index in [4.69, 9.17) is 9.47 Å². The van der Waals surface area contributed by atoms with Crippen molar-refractivity contribution in [3.63, 3.8) is 0 Å². The lowest BCUT2D eigenvalue weighted by molar-refractivity contribution is 0.279. The Hall–Kier alpha value is -2.97. The van der Waals surface area contributed by atoms with Crippen LogP contribution >= 0.6 is 27.3 Å². The molecule has 0 bridgehead atoms. The molecule has 0 aliphatic rings. The molecule has 3 aromatic carbocycles. The van der Waals surface area contributed by atoms with Gasteiger partial charge in [-0.3, -0.25) is 5.43 Å². The first kappa shape index (κ1) is 20.3. The van der Waals surface area contributed by atoms with Gasteiger partial charge in [0, 0.05) is 15.6 Å². The Morgan fingerprint density at radius 3 is 2.73 bits per heavy atom. The fourth-order valence-corrected chi connectivity index (χ4v) is 4.01. The van der Waals surface area contributed by atoms with Crippen molar-refractivity contribution >= 4 is 48.8 Å². The van der Waals surface area contributed by atoms with Crippen LogP contribution in [-0.4, -0.2) is 18.3 Å². The average Bonchev–Trinajstić information content (AvgIpc) is 3.17. The van der Waals surface area contributed by atoms with E-state index in [1.165, 1.54) is 17.4 Å². The average molecular weight is 486 g/mol. The van der Waals surface area contributed by atoms with Crippen LogP contribution in [0, 0.1) is 5.82 Å². The molecule has 0 aliphatic carbocycles. The SMILES string of the molecule is COc1cc(/C=N/Nc2nc3ccccc3s2)c(Br)cc1OCc1ccccc1F. The highest BCUT2D eigenvalue weighted by Gasteiger charge is 2.11. The summed E-state index contributed by atoms with van der Waals surface area (Å²) < 4.78 is 26.9. The number of halogens is 2. The first-order chi connectivity index (χ1) is 14.6. The molecule has 0 saturated carbocycles. The number of nitrogens with one attached hydrogen (secondary N) is 1. The molecule has 0 atom stereocenters. The molecule has 1 aromatic heterocycles. The quantitative estimate of drug-likeness (QED) is 0.249. The van der Waals surface area contributed by atoms with Gasteiger partial charge >= 0.3 is 0 Å². The Morgan fingerprint density at radius 1 is 1.13 bits per heavy atom. The maximum atomic E-state index is 13.8. The molecule has 4 aromatic rings. The van der Waals surface area contributed by atoms with Crippen LogP contribution in [0.2, 0.25) is 0 Å². The molecule has 152 valence electrons. The van der Waals surface area contributed by atoms with Crippen molar-refractivity contribution in [2.45, 2.75) is 6.61 Å². The van der Waals surface area contributed by atoms with E-state index < -0.39 is 0 Å². The number of thiazole rings is 1. The molecule has 0 radical (unpaired) electrons. The summed E-state index contributed by atoms with van der Waals surface area (Å²) >= 11 is 5.05. The minimum absolute atomic E-state index is 0.0993. The molecule has 5 nitrogen and oxygen atoms in total. The van der Waals surface area contributed by atoms with Crippen molar-refractivity contribution in [3.05, 3.63) is 82.1 Å². The van der Waals surface area contributed by atoms with Crippen LogP contribution in [0.4, 0.5) is 9.52 Å². The van der Waals surface area contributed by atoms with E-state index in [-0.39, 0.29) is 12.4 Å². The summed E-state index contributed by atoms with van der Waals surface area (Å²) in [6, 6.07) is 18.0. The molecule has 1 N–H and O–H groups in total. The molecule has 0 saturated heterocycles. The van der Waals surface area contributed by atoms with Gasteiger partial charge in [-0.25, -0.2) is 9.37 Å². The fraction of sp³-hybridized carbons (Fsp3) is 0.0909. The van der Waals surface area contributed by atoms with Gasteiger partial charge in [-0.2, -0.15) is 5.10 Å². The maximum absolute atomic E-state index is 13.8. The Kier molecular flexibility index (Phi) is 6.25. The third-order valence-electron chi connectivity index (χ3n) is 4.28. The fourth-order valence-electron chi connectivity index (χ4n) is 2.77. The highest BCUT2D eigenvalue weighted by Crippen LogP contribution is 2.34. The minimum Gasteiger partial charge on any atom is -0.493 e. The van der Waals surface area contributed by atoms with E-state index in [9.17, 15) is 4.39 Å². The van der Waals surface area contributed by atoms with Crippen LogP contribution in [0.5, 0.6) is 11.5 Å². The van der Waals surface area contributed by atoms with Crippen LogP contribution in [-0.2, 0) is 6.61 Å². The van der Waals surface area contributed by atoms with Gasteiger partial charge in [0.05, 0.1) is 23.5 Å². The van der Waals surface area contributed by atoms with Crippen molar-refractivity contribution in [2.24, 2.45) is 5.10 Å². The molecule has 1 heterocycles. The van der Waals surface area contributed by atoms with Crippen LogP contribution < -0.4 is 14.9 Å². The van der Waals surface area contributed by atoms with Crippen molar-refractivity contribution in [1.29, 1.82) is 0 Å². The zero-order valence-corrected chi connectivity index (χ0v) is 18.3. The third-order valence-corrected chi connectivity index (χ3v) is 5.91. The van der Waals surface area contributed by atoms with Crippen molar-refractivity contribution in [1.82, 2.24) is 4.98 Å². The Labute approximate surface area is 185 Å². The first-order valence-electron chi connectivity index (χ1n) is 9.02. The second-order valence-electron chi connectivity index (χ2n) is 6.26. The van der Waals surface area contributed by atoms with Gasteiger partial charge in [0.25, 0.3) is 0 Å². The van der Waals surface area contributed by atoms with E-state index in [2.05, 4.69) is 31.4 Å². The highest BCUT2D eigenvalue weighted by molar-refractivity contribution is 9.10. The molecule has 30 heavy (non-hydrogen) atoms. The highest BCUT2D eigenvalue weighted by atomic mass is 79.9. The maximum Gasteiger partial charge on any atom is 0.204 e. The van der Waals surface area contributed by atoms with Gasteiger partial charge < -0.3 is 9.47 Å². The standard InChI is InChI=1S/C22H17BrFN3O2S/c1-28-19-10-15(12-25-27-22-26-18-8-4-5-9-21(18)30-22)16(23)11-20(19)29-13-14-6-2-3-7-17(14)24/h2-12H,13H2,1H3,(H,26,27)/b25-12+. The van der Waals surface area contributed by atoms with Gasteiger partial charge in [0.1, 0.15) is 12.4 Å². The van der Waals surface area contributed by atoms with Gasteiger partial charge in [-0.15, -0.1) is 0 Å².